The van der Waals surface area contributed by atoms with Crippen molar-refractivity contribution in [2.75, 3.05) is 68.0 Å². The second-order valence-electron chi connectivity index (χ2n) is 18.6. The SMILES string of the molecule is O=C1CCC(NC(=O)Cc2ccc(C3CCN(C(=O)CCC(=O)N4CCN(c5ccc(C(=O)Nc6n[nH]c7ccc(Cc8cc(F)cc(F)c8)cc67)c(NC6CCOCC6)c5)CC4)CC3)cc2)C(=O)N1. The predicted molar refractivity (Wildman–Crippen MR) is 258 cm³/mol. The molecular weight excluding hydrogens is 901 g/mol. The van der Waals surface area contributed by atoms with Gasteiger partial charge in [0.25, 0.3) is 5.91 Å². The van der Waals surface area contributed by atoms with Crippen molar-refractivity contribution in [3.63, 3.8) is 0 Å². The van der Waals surface area contributed by atoms with E-state index in [1.54, 1.807) is 6.07 Å². The predicted octanol–water partition coefficient (Wildman–Crippen LogP) is 5.57. The van der Waals surface area contributed by atoms with Gasteiger partial charge in [-0.25, -0.2) is 8.78 Å². The summed E-state index contributed by atoms with van der Waals surface area (Å²) in [5.41, 5.74) is 5.94. The number of nitrogens with zero attached hydrogens (tertiary/aromatic N) is 4. The zero-order valence-electron chi connectivity index (χ0n) is 38.9. The highest BCUT2D eigenvalue weighted by molar-refractivity contribution is 6.11. The lowest BCUT2D eigenvalue weighted by Gasteiger charge is -2.37. The van der Waals surface area contributed by atoms with Crippen LogP contribution in [0, 0.1) is 11.6 Å². The van der Waals surface area contributed by atoms with Gasteiger partial charge in [-0.05, 0) is 109 Å². The van der Waals surface area contributed by atoms with Gasteiger partial charge in [0.1, 0.15) is 17.7 Å². The fraction of sp³-hybridized carbons (Fsp3) is 0.404. The Bertz CT molecular complexity index is 2740. The zero-order valence-corrected chi connectivity index (χ0v) is 38.9. The average Bonchev–Trinajstić information content (AvgIpc) is 3.75. The first-order valence-electron chi connectivity index (χ1n) is 24.1. The number of piperidine rings is 2. The van der Waals surface area contributed by atoms with E-state index in [9.17, 15) is 37.5 Å². The molecular formula is C52H57F2N9O7. The van der Waals surface area contributed by atoms with Crippen molar-refractivity contribution in [3.8, 4) is 0 Å². The molecule has 9 rings (SSSR count). The summed E-state index contributed by atoms with van der Waals surface area (Å²) in [5, 5.41) is 19.5. The van der Waals surface area contributed by atoms with Crippen LogP contribution in [0.3, 0.4) is 0 Å². The number of carbonyl (C=O) groups is 6. The molecule has 366 valence electrons. The van der Waals surface area contributed by atoms with Crippen LogP contribution < -0.4 is 26.2 Å². The Kier molecular flexibility index (Phi) is 14.8. The smallest absolute Gasteiger partial charge is 0.258 e. The number of piperazine rings is 1. The van der Waals surface area contributed by atoms with Crippen LogP contribution >= 0.6 is 0 Å². The minimum atomic E-state index is -0.707. The van der Waals surface area contributed by atoms with Crippen molar-refractivity contribution < 1.29 is 42.3 Å². The third-order valence-electron chi connectivity index (χ3n) is 13.8. The lowest BCUT2D eigenvalue weighted by molar-refractivity contribution is -0.137. The number of carbonyl (C=O) groups excluding carboxylic acids is 6. The Hall–Kier alpha value is -7.21. The van der Waals surface area contributed by atoms with Crippen molar-refractivity contribution in [2.45, 2.75) is 82.2 Å². The van der Waals surface area contributed by atoms with E-state index in [-0.39, 0.29) is 73.6 Å². The molecule has 18 heteroatoms. The Morgan fingerprint density at radius 1 is 0.729 bits per heavy atom. The molecule has 70 heavy (non-hydrogen) atoms. The van der Waals surface area contributed by atoms with Crippen LogP contribution in [0.2, 0.25) is 0 Å². The van der Waals surface area contributed by atoms with Crippen LogP contribution in [0.15, 0.2) is 78.9 Å². The van der Waals surface area contributed by atoms with Crippen molar-refractivity contribution in [1.29, 1.82) is 0 Å². The third kappa shape index (κ3) is 11.8. The van der Waals surface area contributed by atoms with E-state index in [1.165, 1.54) is 12.1 Å². The number of hydrogen-bond donors (Lipinski definition) is 5. The summed E-state index contributed by atoms with van der Waals surface area (Å²) in [6.45, 7) is 4.57. The molecule has 1 atom stereocenters. The number of aromatic amines is 1. The maximum atomic E-state index is 14.0. The quantitative estimate of drug-likeness (QED) is 0.0878. The van der Waals surface area contributed by atoms with Gasteiger partial charge in [-0.2, -0.15) is 5.10 Å². The number of amides is 6. The summed E-state index contributed by atoms with van der Waals surface area (Å²) in [6.07, 6.45) is 4.34. The van der Waals surface area contributed by atoms with E-state index in [1.807, 2.05) is 64.4 Å². The lowest BCUT2D eigenvalue weighted by Crippen LogP contribution is -2.52. The first-order chi connectivity index (χ1) is 33.9. The van der Waals surface area contributed by atoms with E-state index in [4.69, 9.17) is 4.74 Å². The molecule has 1 unspecified atom stereocenters. The third-order valence-corrected chi connectivity index (χ3v) is 13.8. The van der Waals surface area contributed by atoms with Crippen molar-refractivity contribution in [3.05, 3.63) is 118 Å². The molecule has 4 saturated heterocycles. The lowest BCUT2D eigenvalue weighted by atomic mass is 9.88. The average molecular weight is 958 g/mol. The molecule has 16 nitrogen and oxygen atoms in total. The Morgan fingerprint density at radius 2 is 1.41 bits per heavy atom. The molecule has 0 bridgehead atoms. The molecule has 1 aromatic heterocycles. The molecule has 5 heterocycles. The number of rotatable bonds is 14. The number of anilines is 3. The van der Waals surface area contributed by atoms with Crippen LogP contribution in [0.5, 0.6) is 0 Å². The van der Waals surface area contributed by atoms with Gasteiger partial charge in [0.2, 0.25) is 29.5 Å². The molecule has 0 saturated carbocycles. The summed E-state index contributed by atoms with van der Waals surface area (Å²) in [7, 11) is 0. The number of fused-ring (bicyclic) bond motifs is 1. The van der Waals surface area contributed by atoms with Gasteiger partial charge >= 0.3 is 0 Å². The normalized spacial score (nSPS) is 18.1. The monoisotopic (exact) mass is 957 g/mol. The molecule has 4 aromatic carbocycles. The molecule has 4 aliphatic rings. The molecule has 5 N–H and O–H groups in total. The maximum Gasteiger partial charge on any atom is 0.258 e. The van der Waals surface area contributed by atoms with Crippen LogP contribution in [-0.2, 0) is 41.6 Å². The fourth-order valence-electron chi connectivity index (χ4n) is 9.87. The Morgan fingerprint density at radius 3 is 2.11 bits per heavy atom. The largest absolute Gasteiger partial charge is 0.381 e. The van der Waals surface area contributed by atoms with Gasteiger partial charge in [-0.1, -0.05) is 30.3 Å². The molecule has 0 spiro atoms. The molecule has 6 amide bonds. The first kappa shape index (κ1) is 47.8. The van der Waals surface area contributed by atoms with Gasteiger partial charge in [0, 0.05) is 101 Å². The Labute approximate surface area is 403 Å². The minimum absolute atomic E-state index is 0.0274. The summed E-state index contributed by atoms with van der Waals surface area (Å²) in [4.78, 5) is 82.5. The molecule has 4 fully saturated rings. The van der Waals surface area contributed by atoms with Gasteiger partial charge in [-0.3, -0.25) is 39.2 Å². The summed E-state index contributed by atoms with van der Waals surface area (Å²) in [5.74, 6) is -2.22. The highest BCUT2D eigenvalue weighted by Crippen LogP contribution is 2.31. The fourth-order valence-corrected chi connectivity index (χ4v) is 9.87. The molecule has 5 aromatic rings. The second kappa shape index (κ2) is 21.6. The van der Waals surface area contributed by atoms with Gasteiger partial charge in [-0.15, -0.1) is 0 Å². The summed E-state index contributed by atoms with van der Waals surface area (Å²) >= 11 is 0. The number of likely N-dealkylation sites (tertiary alicyclic amines) is 1. The van der Waals surface area contributed by atoms with Crippen molar-refractivity contribution >= 4 is 63.5 Å². The summed E-state index contributed by atoms with van der Waals surface area (Å²) < 4.78 is 33.4. The van der Waals surface area contributed by atoms with Crippen LogP contribution in [0.25, 0.3) is 10.9 Å². The first-order valence-corrected chi connectivity index (χ1v) is 24.1. The number of H-pyrrole nitrogens is 1. The van der Waals surface area contributed by atoms with E-state index in [0.29, 0.717) is 92.4 Å². The minimum Gasteiger partial charge on any atom is -0.381 e. The second-order valence-corrected chi connectivity index (χ2v) is 18.6. The number of hydrogen-bond acceptors (Lipinski definition) is 10. The van der Waals surface area contributed by atoms with Gasteiger partial charge in [0.15, 0.2) is 5.82 Å². The molecule has 4 aliphatic heterocycles. The summed E-state index contributed by atoms with van der Waals surface area (Å²) in [6, 6.07) is 21.9. The Balaban J connectivity index is 0.749. The number of halogens is 2. The van der Waals surface area contributed by atoms with E-state index >= 15 is 0 Å². The van der Waals surface area contributed by atoms with Crippen molar-refractivity contribution in [1.82, 2.24) is 30.6 Å². The van der Waals surface area contributed by atoms with Crippen LogP contribution in [-0.4, -0.2) is 120 Å². The van der Waals surface area contributed by atoms with Gasteiger partial charge in [0.05, 0.1) is 17.5 Å². The number of ether oxygens (including phenoxy) is 1. The van der Waals surface area contributed by atoms with Crippen molar-refractivity contribution in [2.24, 2.45) is 0 Å². The van der Waals surface area contributed by atoms with E-state index in [0.717, 1.165) is 54.1 Å². The molecule has 0 radical (unpaired) electrons. The van der Waals surface area contributed by atoms with Gasteiger partial charge < -0.3 is 35.4 Å². The highest BCUT2D eigenvalue weighted by Gasteiger charge is 2.30. The standard InChI is InChI=1S/C52H57F2N9O7/c53-37-26-34(27-38(54)30-37)25-33-3-8-43-42(28-33)50(60-59-43)58-51(68)41-7-6-40(31-45(41)55-39-15-23-70-24-16-39)61-19-21-63(22-20-61)49(67)12-11-48(66)62-17-13-36(14-18-62)35-4-1-32(2-5-35)29-47(65)56-44-9-10-46(64)57-52(44)69/h1-8,26-28,30-31,36,39,44,55H,9-25,29H2,(H,56,65)(H,57,64,69)(H2,58,59,60,68). The topological polar surface area (TPSA) is 198 Å². The van der Waals surface area contributed by atoms with Crippen LogP contribution in [0.1, 0.15) is 89.9 Å². The van der Waals surface area contributed by atoms with E-state index in [2.05, 4.69) is 36.4 Å². The zero-order chi connectivity index (χ0) is 48.7. The molecule has 0 aliphatic carbocycles. The highest BCUT2D eigenvalue weighted by atomic mass is 19.1. The number of aromatic nitrogens is 2. The van der Waals surface area contributed by atoms with E-state index < -0.39 is 23.6 Å². The maximum absolute atomic E-state index is 14.0. The number of imide groups is 1. The van der Waals surface area contributed by atoms with Crippen LogP contribution in [0.4, 0.5) is 26.0 Å². The number of benzene rings is 4. The number of nitrogens with one attached hydrogen (secondary N) is 5.